The predicted molar refractivity (Wildman–Crippen MR) is 194 cm³/mol. The van der Waals surface area contributed by atoms with Crippen LogP contribution in [-0.4, -0.2) is 46.1 Å². The van der Waals surface area contributed by atoms with Crippen molar-refractivity contribution in [3.63, 3.8) is 0 Å². The summed E-state index contributed by atoms with van der Waals surface area (Å²) in [6.07, 6.45) is 42.5. The SMILES string of the molecule is CCCC/C=C\CCCCCCCC(=O)NC(CO)C(O)C(O)CCC/C=C/CC/C=C/CCCCCCCCCCCCC. The van der Waals surface area contributed by atoms with Crippen LogP contribution in [0.15, 0.2) is 36.5 Å². The number of unbranched alkanes of at least 4 members (excludes halogenated alkanes) is 20. The summed E-state index contributed by atoms with van der Waals surface area (Å²) in [7, 11) is 0. The Morgan fingerprint density at radius 3 is 1.42 bits per heavy atom. The zero-order chi connectivity index (χ0) is 33.1. The van der Waals surface area contributed by atoms with E-state index in [0.717, 1.165) is 51.4 Å². The second kappa shape index (κ2) is 35.4. The Balaban J connectivity index is 3.75. The Labute approximate surface area is 279 Å². The molecule has 3 atom stereocenters. The fourth-order valence-electron chi connectivity index (χ4n) is 5.63. The molecular weight excluding hydrogens is 558 g/mol. The minimum atomic E-state index is -1.17. The molecule has 0 saturated heterocycles. The van der Waals surface area contributed by atoms with Crippen LogP contribution in [0.5, 0.6) is 0 Å². The maximum absolute atomic E-state index is 12.3. The molecule has 0 aromatic heterocycles. The molecule has 264 valence electrons. The van der Waals surface area contributed by atoms with Gasteiger partial charge in [-0.2, -0.15) is 0 Å². The molecule has 0 fully saturated rings. The summed E-state index contributed by atoms with van der Waals surface area (Å²) >= 11 is 0. The van der Waals surface area contributed by atoms with E-state index in [1.165, 1.54) is 109 Å². The van der Waals surface area contributed by atoms with Crippen LogP contribution >= 0.6 is 0 Å². The van der Waals surface area contributed by atoms with Gasteiger partial charge in [-0.3, -0.25) is 4.79 Å². The summed E-state index contributed by atoms with van der Waals surface area (Å²) in [6, 6.07) is -0.834. The van der Waals surface area contributed by atoms with Gasteiger partial charge in [-0.1, -0.05) is 147 Å². The zero-order valence-electron chi connectivity index (χ0n) is 29.7. The molecule has 45 heavy (non-hydrogen) atoms. The van der Waals surface area contributed by atoms with Gasteiger partial charge in [0, 0.05) is 6.42 Å². The minimum Gasteiger partial charge on any atom is -0.394 e. The van der Waals surface area contributed by atoms with Crippen molar-refractivity contribution in [3.8, 4) is 0 Å². The first-order chi connectivity index (χ1) is 22.1. The zero-order valence-corrected chi connectivity index (χ0v) is 29.7. The fourth-order valence-corrected chi connectivity index (χ4v) is 5.63. The van der Waals surface area contributed by atoms with Gasteiger partial charge in [0.25, 0.3) is 0 Å². The maximum Gasteiger partial charge on any atom is 0.220 e. The molecule has 5 nitrogen and oxygen atoms in total. The average Bonchev–Trinajstić information content (AvgIpc) is 3.04. The maximum atomic E-state index is 12.3. The van der Waals surface area contributed by atoms with Gasteiger partial charge in [0.15, 0.2) is 0 Å². The van der Waals surface area contributed by atoms with Crippen LogP contribution in [0.25, 0.3) is 0 Å². The molecule has 0 aromatic carbocycles. The summed E-state index contributed by atoms with van der Waals surface area (Å²) in [4.78, 5) is 12.3. The molecule has 0 bridgehead atoms. The van der Waals surface area contributed by atoms with Gasteiger partial charge < -0.3 is 20.6 Å². The van der Waals surface area contributed by atoms with E-state index in [0.29, 0.717) is 12.8 Å². The van der Waals surface area contributed by atoms with Crippen LogP contribution in [0.1, 0.15) is 187 Å². The van der Waals surface area contributed by atoms with E-state index < -0.39 is 18.2 Å². The van der Waals surface area contributed by atoms with Crippen molar-refractivity contribution in [2.75, 3.05) is 6.61 Å². The Hall–Kier alpha value is -1.43. The molecule has 0 aromatic rings. The number of carbonyl (C=O) groups excluding carboxylic acids is 1. The highest BCUT2D eigenvalue weighted by Crippen LogP contribution is 2.13. The lowest BCUT2D eigenvalue weighted by molar-refractivity contribution is -0.124. The first kappa shape index (κ1) is 43.6. The first-order valence-corrected chi connectivity index (χ1v) is 19.3. The summed E-state index contributed by atoms with van der Waals surface area (Å²) in [5, 5.41) is 33.3. The van der Waals surface area contributed by atoms with Crippen molar-refractivity contribution in [2.45, 2.75) is 205 Å². The molecule has 4 N–H and O–H groups in total. The van der Waals surface area contributed by atoms with Crippen molar-refractivity contribution in [3.05, 3.63) is 36.5 Å². The smallest absolute Gasteiger partial charge is 0.220 e. The van der Waals surface area contributed by atoms with E-state index in [1.807, 2.05) is 0 Å². The van der Waals surface area contributed by atoms with Crippen molar-refractivity contribution in [1.29, 1.82) is 0 Å². The third-order valence-electron chi connectivity index (χ3n) is 8.69. The largest absolute Gasteiger partial charge is 0.394 e. The molecule has 0 aliphatic rings. The first-order valence-electron chi connectivity index (χ1n) is 19.3. The van der Waals surface area contributed by atoms with Crippen molar-refractivity contribution in [2.24, 2.45) is 0 Å². The Kier molecular flexibility index (Phi) is 34.3. The van der Waals surface area contributed by atoms with E-state index in [-0.39, 0.29) is 12.5 Å². The van der Waals surface area contributed by atoms with Crippen molar-refractivity contribution >= 4 is 5.91 Å². The normalized spacial score (nSPS) is 14.2. The topological polar surface area (TPSA) is 89.8 Å². The van der Waals surface area contributed by atoms with Gasteiger partial charge in [-0.25, -0.2) is 0 Å². The van der Waals surface area contributed by atoms with Crippen LogP contribution in [-0.2, 0) is 4.79 Å². The number of rotatable bonds is 34. The second-order valence-electron chi connectivity index (χ2n) is 13.1. The molecule has 0 radical (unpaired) electrons. The number of allylic oxidation sites excluding steroid dienone is 6. The summed E-state index contributed by atoms with van der Waals surface area (Å²) < 4.78 is 0. The van der Waals surface area contributed by atoms with E-state index in [4.69, 9.17) is 0 Å². The molecule has 0 spiro atoms. The van der Waals surface area contributed by atoms with Gasteiger partial charge >= 0.3 is 0 Å². The van der Waals surface area contributed by atoms with Crippen LogP contribution in [0, 0.1) is 0 Å². The van der Waals surface area contributed by atoms with E-state index in [9.17, 15) is 20.1 Å². The number of aliphatic hydroxyl groups excluding tert-OH is 3. The summed E-state index contributed by atoms with van der Waals surface area (Å²) in [6.45, 7) is 4.10. The van der Waals surface area contributed by atoms with Gasteiger partial charge in [0.05, 0.1) is 18.8 Å². The average molecular weight is 634 g/mol. The molecule has 0 saturated carbocycles. The molecule has 0 aliphatic carbocycles. The van der Waals surface area contributed by atoms with Crippen LogP contribution in [0.2, 0.25) is 0 Å². The molecule has 1 amide bonds. The van der Waals surface area contributed by atoms with E-state index in [1.54, 1.807) is 0 Å². The third kappa shape index (κ3) is 31.0. The number of hydrogen-bond donors (Lipinski definition) is 4. The molecule has 0 aliphatic heterocycles. The van der Waals surface area contributed by atoms with Crippen LogP contribution in [0.3, 0.4) is 0 Å². The van der Waals surface area contributed by atoms with Gasteiger partial charge in [-0.15, -0.1) is 0 Å². The molecule has 0 rings (SSSR count). The minimum absolute atomic E-state index is 0.171. The fraction of sp³-hybridized carbons (Fsp3) is 0.825. The van der Waals surface area contributed by atoms with Crippen LogP contribution < -0.4 is 5.32 Å². The highest BCUT2D eigenvalue weighted by atomic mass is 16.3. The Bertz CT molecular complexity index is 704. The predicted octanol–water partition coefficient (Wildman–Crippen LogP) is 10.4. The highest BCUT2D eigenvalue weighted by Gasteiger charge is 2.26. The molecule has 3 unspecified atom stereocenters. The van der Waals surface area contributed by atoms with Crippen molar-refractivity contribution < 1.29 is 20.1 Å². The van der Waals surface area contributed by atoms with Gasteiger partial charge in [0.1, 0.15) is 6.10 Å². The highest BCUT2D eigenvalue weighted by molar-refractivity contribution is 5.76. The monoisotopic (exact) mass is 634 g/mol. The standard InChI is InChI=1S/C40H75NO4/c1-3-5-7-9-11-13-15-16-17-18-19-20-21-22-23-25-26-28-30-32-34-38(43)40(45)37(36-42)41-39(44)35-33-31-29-27-24-14-12-10-8-6-4-2/h10,12,21-22,26,28,37-38,40,42-43,45H,3-9,11,13-20,23-25,27,29-36H2,1-2H3,(H,41,44)/b12-10-,22-21+,28-26+. The van der Waals surface area contributed by atoms with Crippen LogP contribution in [0.4, 0.5) is 0 Å². The lowest BCUT2D eigenvalue weighted by Gasteiger charge is -2.26. The number of carbonyl (C=O) groups is 1. The lowest BCUT2D eigenvalue weighted by Crippen LogP contribution is -2.50. The summed E-state index contributed by atoms with van der Waals surface area (Å²) in [5.74, 6) is -0.171. The number of amides is 1. The van der Waals surface area contributed by atoms with Gasteiger partial charge in [0.2, 0.25) is 5.91 Å². The Morgan fingerprint density at radius 2 is 0.933 bits per heavy atom. The molecule has 5 heteroatoms. The lowest BCUT2D eigenvalue weighted by atomic mass is 10.0. The quantitative estimate of drug-likeness (QED) is 0.0419. The van der Waals surface area contributed by atoms with E-state index >= 15 is 0 Å². The van der Waals surface area contributed by atoms with Crippen molar-refractivity contribution in [1.82, 2.24) is 5.32 Å². The van der Waals surface area contributed by atoms with E-state index in [2.05, 4.69) is 55.6 Å². The molecular formula is C40H75NO4. The molecule has 0 heterocycles. The summed E-state index contributed by atoms with van der Waals surface area (Å²) in [5.41, 5.74) is 0. The number of aliphatic hydroxyl groups is 3. The second-order valence-corrected chi connectivity index (χ2v) is 13.1. The number of hydrogen-bond acceptors (Lipinski definition) is 4. The van der Waals surface area contributed by atoms with Gasteiger partial charge in [-0.05, 0) is 70.6 Å². The third-order valence-corrected chi connectivity index (χ3v) is 8.69. The number of nitrogens with one attached hydrogen (secondary N) is 1. The Morgan fingerprint density at radius 1 is 0.533 bits per heavy atom.